The van der Waals surface area contributed by atoms with Gasteiger partial charge < -0.3 is 15.0 Å². The van der Waals surface area contributed by atoms with E-state index < -0.39 is 28.5 Å². The molecule has 0 bridgehead atoms. The normalized spacial score (nSPS) is 12.7. The SMILES string of the molecule is CC[C@H](C)NC(=O)[C@H](CC)N(Cc1cccc(OC)c1)C(=O)CN(c1cccc(Cl)c1)S(=O)(=O)c1ccc(C)cc1. The third-order valence-electron chi connectivity index (χ3n) is 6.86. The van der Waals surface area contributed by atoms with E-state index in [4.69, 9.17) is 16.3 Å². The van der Waals surface area contributed by atoms with Crippen molar-refractivity contribution >= 4 is 39.1 Å². The van der Waals surface area contributed by atoms with Crippen LogP contribution in [-0.2, 0) is 26.2 Å². The van der Waals surface area contributed by atoms with Crippen molar-refractivity contribution in [2.45, 2.75) is 64.1 Å². The molecule has 0 saturated carbocycles. The Morgan fingerprint density at radius 1 is 0.976 bits per heavy atom. The molecule has 0 aliphatic rings. The number of carbonyl (C=O) groups is 2. The second-order valence-electron chi connectivity index (χ2n) is 9.92. The van der Waals surface area contributed by atoms with E-state index in [2.05, 4.69) is 5.32 Å². The van der Waals surface area contributed by atoms with E-state index in [0.29, 0.717) is 17.2 Å². The summed E-state index contributed by atoms with van der Waals surface area (Å²) in [5, 5.41) is 3.30. The van der Waals surface area contributed by atoms with Crippen molar-refractivity contribution < 1.29 is 22.7 Å². The van der Waals surface area contributed by atoms with E-state index in [0.717, 1.165) is 21.9 Å². The number of hydrogen-bond acceptors (Lipinski definition) is 5. The van der Waals surface area contributed by atoms with Crippen LogP contribution >= 0.6 is 11.6 Å². The summed E-state index contributed by atoms with van der Waals surface area (Å²) in [5.74, 6) is -0.224. The number of halogens is 1. The predicted molar refractivity (Wildman–Crippen MR) is 163 cm³/mol. The van der Waals surface area contributed by atoms with Crippen LogP contribution in [0.1, 0.15) is 44.7 Å². The van der Waals surface area contributed by atoms with E-state index >= 15 is 0 Å². The second kappa shape index (κ2) is 14.4. The maximum Gasteiger partial charge on any atom is 0.264 e. The lowest BCUT2D eigenvalue weighted by molar-refractivity contribution is -0.140. The summed E-state index contributed by atoms with van der Waals surface area (Å²) >= 11 is 6.24. The number of nitrogens with one attached hydrogen (secondary N) is 1. The fraction of sp³-hybridized carbons (Fsp3) is 0.355. The average Bonchev–Trinajstić information content (AvgIpc) is 2.95. The molecule has 0 radical (unpaired) electrons. The van der Waals surface area contributed by atoms with Crippen molar-refractivity contribution in [1.29, 1.82) is 0 Å². The van der Waals surface area contributed by atoms with Gasteiger partial charge in [0, 0.05) is 17.6 Å². The highest BCUT2D eigenvalue weighted by Crippen LogP contribution is 2.27. The molecule has 3 aromatic carbocycles. The number of aryl methyl sites for hydroxylation is 1. The molecule has 0 saturated heterocycles. The highest BCUT2D eigenvalue weighted by atomic mass is 35.5. The largest absolute Gasteiger partial charge is 0.497 e. The van der Waals surface area contributed by atoms with E-state index in [1.807, 2.05) is 33.8 Å². The van der Waals surface area contributed by atoms with Crippen molar-refractivity contribution in [3.63, 3.8) is 0 Å². The van der Waals surface area contributed by atoms with Crippen LogP contribution in [0.4, 0.5) is 5.69 Å². The van der Waals surface area contributed by atoms with Gasteiger partial charge in [0.2, 0.25) is 11.8 Å². The summed E-state index contributed by atoms with van der Waals surface area (Å²) in [6, 6.07) is 19.1. The molecular formula is C31H38ClN3O5S. The minimum Gasteiger partial charge on any atom is -0.497 e. The number of methoxy groups -OCH3 is 1. The molecule has 0 aromatic heterocycles. The van der Waals surface area contributed by atoms with E-state index in [-0.39, 0.29) is 29.1 Å². The highest BCUT2D eigenvalue weighted by Gasteiger charge is 2.34. The van der Waals surface area contributed by atoms with Crippen LogP contribution in [0.25, 0.3) is 0 Å². The Labute approximate surface area is 248 Å². The molecule has 41 heavy (non-hydrogen) atoms. The Morgan fingerprint density at radius 2 is 1.66 bits per heavy atom. The smallest absolute Gasteiger partial charge is 0.264 e. The molecule has 8 nitrogen and oxygen atoms in total. The van der Waals surface area contributed by atoms with Gasteiger partial charge in [-0.25, -0.2) is 8.42 Å². The second-order valence-corrected chi connectivity index (χ2v) is 12.2. The Bertz CT molecular complexity index is 1450. The first-order valence-corrected chi connectivity index (χ1v) is 15.4. The lowest BCUT2D eigenvalue weighted by atomic mass is 10.1. The first kappa shape index (κ1) is 32.0. The Hall–Kier alpha value is -3.56. The first-order valence-electron chi connectivity index (χ1n) is 13.6. The molecule has 3 aromatic rings. The van der Waals surface area contributed by atoms with Gasteiger partial charge in [0.05, 0.1) is 17.7 Å². The lowest BCUT2D eigenvalue weighted by Crippen LogP contribution is -2.53. The van der Waals surface area contributed by atoms with Crippen molar-refractivity contribution in [2.75, 3.05) is 18.0 Å². The molecule has 1 N–H and O–H groups in total. The Morgan fingerprint density at radius 3 is 2.27 bits per heavy atom. The topological polar surface area (TPSA) is 96.0 Å². The van der Waals surface area contributed by atoms with Gasteiger partial charge in [-0.15, -0.1) is 0 Å². The van der Waals surface area contributed by atoms with Crippen LogP contribution in [0.2, 0.25) is 5.02 Å². The van der Waals surface area contributed by atoms with Crippen LogP contribution in [0.3, 0.4) is 0 Å². The molecule has 2 atom stereocenters. The summed E-state index contributed by atoms with van der Waals surface area (Å²) in [7, 11) is -2.62. The molecule has 0 aliphatic carbocycles. The fourth-order valence-corrected chi connectivity index (χ4v) is 5.92. The number of hydrogen-bond donors (Lipinski definition) is 1. The van der Waals surface area contributed by atoms with Crippen LogP contribution in [0.5, 0.6) is 5.75 Å². The summed E-state index contributed by atoms with van der Waals surface area (Å²) < 4.78 is 34.3. The lowest BCUT2D eigenvalue weighted by Gasteiger charge is -2.33. The van der Waals surface area contributed by atoms with Crippen LogP contribution in [0.15, 0.2) is 77.7 Å². The molecule has 0 heterocycles. The number of rotatable bonds is 13. The van der Waals surface area contributed by atoms with Gasteiger partial charge in [0.1, 0.15) is 18.3 Å². The first-order chi connectivity index (χ1) is 19.5. The minimum atomic E-state index is -4.17. The number of nitrogens with zero attached hydrogens (tertiary/aromatic N) is 2. The van der Waals surface area contributed by atoms with E-state index in [1.165, 1.54) is 23.1 Å². The monoisotopic (exact) mass is 599 g/mol. The molecule has 2 amide bonds. The third kappa shape index (κ3) is 8.24. The summed E-state index contributed by atoms with van der Waals surface area (Å²) in [6.07, 6.45) is 1.06. The number of carbonyl (C=O) groups excluding carboxylic acids is 2. The van der Waals surface area contributed by atoms with Crippen molar-refractivity contribution in [3.8, 4) is 5.75 Å². The van der Waals surface area contributed by atoms with Crippen molar-refractivity contribution in [1.82, 2.24) is 10.2 Å². The van der Waals surface area contributed by atoms with E-state index in [9.17, 15) is 18.0 Å². The van der Waals surface area contributed by atoms with Crippen LogP contribution in [-0.4, -0.2) is 50.9 Å². The molecular weight excluding hydrogens is 562 g/mol. The Kier molecular flexibility index (Phi) is 11.2. The average molecular weight is 600 g/mol. The van der Waals surface area contributed by atoms with E-state index in [1.54, 1.807) is 55.6 Å². The molecule has 10 heteroatoms. The van der Waals surface area contributed by atoms with Crippen molar-refractivity contribution in [3.05, 3.63) is 88.9 Å². The zero-order valence-corrected chi connectivity index (χ0v) is 25.7. The maximum atomic E-state index is 14.1. The van der Waals surface area contributed by atoms with Gasteiger partial charge in [0.25, 0.3) is 10.0 Å². The summed E-state index contributed by atoms with van der Waals surface area (Å²) in [6.45, 7) is 7.09. The number of ether oxygens (including phenoxy) is 1. The predicted octanol–water partition coefficient (Wildman–Crippen LogP) is 5.57. The van der Waals surface area contributed by atoms with Gasteiger partial charge >= 0.3 is 0 Å². The summed E-state index contributed by atoms with van der Waals surface area (Å²) in [5.41, 5.74) is 1.88. The fourth-order valence-electron chi connectivity index (χ4n) is 4.33. The van der Waals surface area contributed by atoms with Crippen molar-refractivity contribution in [2.24, 2.45) is 0 Å². The number of sulfonamides is 1. The number of amides is 2. The maximum absolute atomic E-state index is 14.1. The van der Waals surface area contributed by atoms with Crippen LogP contribution in [0, 0.1) is 6.92 Å². The summed E-state index contributed by atoms with van der Waals surface area (Å²) in [4.78, 5) is 29.0. The third-order valence-corrected chi connectivity index (χ3v) is 8.88. The van der Waals surface area contributed by atoms with Gasteiger partial charge in [-0.2, -0.15) is 0 Å². The highest BCUT2D eigenvalue weighted by molar-refractivity contribution is 7.92. The van der Waals surface area contributed by atoms with Gasteiger partial charge in [-0.1, -0.05) is 61.3 Å². The molecule has 0 unspecified atom stereocenters. The number of anilines is 1. The van der Waals surface area contributed by atoms with Gasteiger partial charge in [0.15, 0.2) is 0 Å². The molecule has 0 aliphatic heterocycles. The van der Waals surface area contributed by atoms with Crippen LogP contribution < -0.4 is 14.4 Å². The number of benzene rings is 3. The Balaban J connectivity index is 2.07. The zero-order chi connectivity index (χ0) is 30.2. The molecule has 0 fully saturated rings. The zero-order valence-electron chi connectivity index (χ0n) is 24.1. The minimum absolute atomic E-state index is 0.0387. The quantitative estimate of drug-likeness (QED) is 0.277. The van der Waals surface area contributed by atoms with Gasteiger partial charge in [-0.05, 0) is 74.7 Å². The van der Waals surface area contributed by atoms with Gasteiger partial charge in [-0.3, -0.25) is 13.9 Å². The molecule has 0 spiro atoms. The standard InChI is InChI=1S/C31H38ClN3O5S/c1-6-23(4)33-31(37)29(7-2)34(20-24-10-8-13-27(18-24)40-5)30(36)21-35(26-12-9-11-25(32)19-26)41(38,39)28-16-14-22(3)15-17-28/h8-19,23,29H,6-7,20-21H2,1-5H3,(H,33,37)/t23-,29-/m0/s1. The molecule has 220 valence electrons. The molecule has 3 rings (SSSR count).